The van der Waals surface area contributed by atoms with Crippen molar-refractivity contribution in [2.45, 2.75) is 108 Å². The van der Waals surface area contributed by atoms with Crippen LogP contribution in [0.5, 0.6) is 0 Å². The Labute approximate surface area is 345 Å². The highest BCUT2D eigenvalue weighted by molar-refractivity contribution is 6.30. The van der Waals surface area contributed by atoms with Crippen LogP contribution < -0.4 is 32.3 Å². The summed E-state index contributed by atoms with van der Waals surface area (Å²) in [5.74, 6) is -2.86. The van der Waals surface area contributed by atoms with Crippen molar-refractivity contribution < 1.29 is 28.8 Å². The minimum atomic E-state index is -1.13. The average molecular weight is 814 g/mol. The van der Waals surface area contributed by atoms with Gasteiger partial charge in [-0.1, -0.05) is 98.2 Å². The van der Waals surface area contributed by atoms with Crippen LogP contribution in [0.15, 0.2) is 84.9 Å². The van der Waals surface area contributed by atoms with Crippen molar-refractivity contribution in [3.63, 3.8) is 0 Å². The Balaban J connectivity index is 1.45. The molecule has 310 valence electrons. The molecule has 58 heavy (non-hydrogen) atoms. The Hall–Kier alpha value is -5.27. The van der Waals surface area contributed by atoms with E-state index < -0.39 is 71.7 Å². The number of fused-ring (bicyclic) bond motifs is 1. The number of nitrogens with zero attached hydrogens (tertiary/aromatic N) is 1. The largest absolute Gasteiger partial charge is 0.354 e. The first kappa shape index (κ1) is 43.8. The Morgan fingerprint density at radius 3 is 2.03 bits per heavy atom. The first-order valence-corrected chi connectivity index (χ1v) is 20.6. The monoisotopic (exact) mass is 813 g/mol. The van der Waals surface area contributed by atoms with Crippen LogP contribution in [-0.2, 0) is 48.0 Å². The zero-order valence-corrected chi connectivity index (χ0v) is 34.0. The van der Waals surface area contributed by atoms with Gasteiger partial charge in [-0.3, -0.25) is 28.8 Å². The van der Waals surface area contributed by atoms with Crippen LogP contribution in [0.1, 0.15) is 69.1 Å². The molecule has 0 saturated carbocycles. The van der Waals surface area contributed by atoms with Gasteiger partial charge in [0.25, 0.3) is 0 Å². The third kappa shape index (κ3) is 12.9. The third-order valence-electron chi connectivity index (χ3n) is 10.6. The lowest BCUT2D eigenvalue weighted by molar-refractivity contribution is -0.142. The number of nitrogens with two attached hydrogens (primary N) is 1. The highest BCUT2D eigenvalue weighted by Crippen LogP contribution is 2.21. The zero-order valence-electron chi connectivity index (χ0n) is 33.3. The van der Waals surface area contributed by atoms with E-state index in [0.29, 0.717) is 29.8 Å². The molecule has 2 saturated heterocycles. The first-order chi connectivity index (χ1) is 27.9. The number of halogens is 1. The van der Waals surface area contributed by atoms with E-state index in [1.165, 1.54) is 4.90 Å². The van der Waals surface area contributed by atoms with Crippen molar-refractivity contribution >= 4 is 47.0 Å². The molecular formula is C44H56ClN7O6. The van der Waals surface area contributed by atoms with Crippen LogP contribution >= 0.6 is 11.6 Å². The molecular weight excluding hydrogens is 758 g/mol. The van der Waals surface area contributed by atoms with E-state index >= 15 is 0 Å². The van der Waals surface area contributed by atoms with Gasteiger partial charge < -0.3 is 37.2 Å². The SMILES string of the molecule is CC(C)CC[C@H]1NC(=O)[C@@H]2CCCN2C(=O)[C@@H](NC(=O)[C@@H](N)Cc2ccccc2)CCCNC(=O)[C@H](Cc2ccccc2)NC(=O)[C@H](Cc2cccc(Cl)c2)NC1=O. The summed E-state index contributed by atoms with van der Waals surface area (Å²) in [5.41, 5.74) is 8.67. The second-order valence-electron chi connectivity index (χ2n) is 15.7. The molecule has 5 rings (SSSR count). The molecule has 0 unspecified atom stereocenters. The molecule has 7 N–H and O–H groups in total. The lowest BCUT2D eigenvalue weighted by Gasteiger charge is -2.31. The summed E-state index contributed by atoms with van der Waals surface area (Å²) in [4.78, 5) is 85.6. The molecule has 2 aliphatic rings. The van der Waals surface area contributed by atoms with E-state index in [4.69, 9.17) is 17.3 Å². The molecule has 0 spiro atoms. The maximum atomic E-state index is 14.3. The highest BCUT2D eigenvalue weighted by atomic mass is 35.5. The average Bonchev–Trinajstić information content (AvgIpc) is 3.70. The smallest absolute Gasteiger partial charge is 0.245 e. The molecule has 2 fully saturated rings. The Morgan fingerprint density at radius 1 is 0.759 bits per heavy atom. The van der Waals surface area contributed by atoms with Crippen LogP contribution in [0.2, 0.25) is 5.02 Å². The van der Waals surface area contributed by atoms with Crippen molar-refractivity contribution in [3.05, 3.63) is 107 Å². The Kier molecular flexibility index (Phi) is 16.2. The van der Waals surface area contributed by atoms with E-state index in [1.807, 2.05) is 74.5 Å². The van der Waals surface area contributed by atoms with Crippen LogP contribution in [0.3, 0.4) is 0 Å². The molecule has 0 radical (unpaired) electrons. The molecule has 6 atom stereocenters. The zero-order chi connectivity index (χ0) is 41.6. The predicted molar refractivity (Wildman–Crippen MR) is 222 cm³/mol. The van der Waals surface area contributed by atoms with Crippen LogP contribution in [-0.4, -0.2) is 89.7 Å². The maximum absolute atomic E-state index is 14.3. The number of hydrogen-bond acceptors (Lipinski definition) is 7. The summed E-state index contributed by atoms with van der Waals surface area (Å²) in [6, 6.07) is 19.5. The van der Waals surface area contributed by atoms with E-state index in [1.54, 1.807) is 24.3 Å². The second-order valence-corrected chi connectivity index (χ2v) is 16.1. The molecule has 14 heteroatoms. The fraction of sp³-hybridized carbons (Fsp3) is 0.455. The van der Waals surface area contributed by atoms with Crippen molar-refractivity contribution in [2.75, 3.05) is 13.1 Å². The van der Waals surface area contributed by atoms with Gasteiger partial charge in [0.1, 0.15) is 30.2 Å². The summed E-state index contributed by atoms with van der Waals surface area (Å²) < 4.78 is 0. The lowest BCUT2D eigenvalue weighted by atomic mass is 9.99. The molecule has 3 aromatic rings. The summed E-state index contributed by atoms with van der Waals surface area (Å²) in [7, 11) is 0. The second kappa shape index (κ2) is 21.5. The van der Waals surface area contributed by atoms with Gasteiger partial charge in [-0.25, -0.2) is 0 Å². The van der Waals surface area contributed by atoms with Crippen molar-refractivity contribution in [1.29, 1.82) is 0 Å². The maximum Gasteiger partial charge on any atom is 0.245 e. The fourth-order valence-electron chi connectivity index (χ4n) is 7.39. The lowest BCUT2D eigenvalue weighted by Crippen LogP contribution is -2.60. The number of amides is 6. The van der Waals surface area contributed by atoms with Gasteiger partial charge in [0.05, 0.1) is 6.04 Å². The summed E-state index contributed by atoms with van der Waals surface area (Å²) >= 11 is 6.29. The molecule has 0 bridgehead atoms. The first-order valence-electron chi connectivity index (χ1n) is 20.3. The van der Waals surface area contributed by atoms with Crippen LogP contribution in [0, 0.1) is 5.92 Å². The van der Waals surface area contributed by atoms with Crippen molar-refractivity contribution in [2.24, 2.45) is 11.7 Å². The van der Waals surface area contributed by atoms with E-state index in [0.717, 1.165) is 11.1 Å². The summed E-state index contributed by atoms with van der Waals surface area (Å²) in [6.45, 7) is 4.42. The molecule has 0 aromatic heterocycles. The molecule has 0 aliphatic carbocycles. The van der Waals surface area contributed by atoms with Gasteiger partial charge in [0.15, 0.2) is 0 Å². The Morgan fingerprint density at radius 2 is 1.36 bits per heavy atom. The molecule has 2 heterocycles. The van der Waals surface area contributed by atoms with E-state index in [9.17, 15) is 28.8 Å². The number of benzene rings is 3. The Bertz CT molecular complexity index is 1880. The summed E-state index contributed by atoms with van der Waals surface area (Å²) in [6.07, 6.45) is 2.69. The van der Waals surface area contributed by atoms with Gasteiger partial charge in [-0.15, -0.1) is 0 Å². The normalized spacial score (nSPS) is 23.1. The van der Waals surface area contributed by atoms with Crippen molar-refractivity contribution in [3.8, 4) is 0 Å². The number of nitrogens with one attached hydrogen (secondary N) is 5. The van der Waals surface area contributed by atoms with Gasteiger partial charge >= 0.3 is 0 Å². The van der Waals surface area contributed by atoms with Gasteiger partial charge in [0, 0.05) is 31.0 Å². The minimum Gasteiger partial charge on any atom is -0.354 e. The number of carbonyl (C=O) groups is 6. The fourth-order valence-corrected chi connectivity index (χ4v) is 7.60. The quantitative estimate of drug-likeness (QED) is 0.172. The van der Waals surface area contributed by atoms with Crippen LogP contribution in [0.4, 0.5) is 0 Å². The summed E-state index contributed by atoms with van der Waals surface area (Å²) in [5, 5.41) is 14.9. The van der Waals surface area contributed by atoms with Gasteiger partial charge in [0.2, 0.25) is 35.4 Å². The topological polar surface area (TPSA) is 192 Å². The van der Waals surface area contributed by atoms with Crippen LogP contribution in [0.25, 0.3) is 0 Å². The van der Waals surface area contributed by atoms with Crippen molar-refractivity contribution in [1.82, 2.24) is 31.5 Å². The van der Waals surface area contributed by atoms with E-state index in [2.05, 4.69) is 26.6 Å². The number of rotatable bonds is 11. The van der Waals surface area contributed by atoms with E-state index in [-0.39, 0.29) is 57.5 Å². The number of hydrogen-bond donors (Lipinski definition) is 6. The predicted octanol–water partition coefficient (Wildman–Crippen LogP) is 2.97. The highest BCUT2D eigenvalue weighted by Gasteiger charge is 2.40. The minimum absolute atomic E-state index is 0.0652. The molecule has 3 aromatic carbocycles. The van der Waals surface area contributed by atoms with Gasteiger partial charge in [-0.05, 0) is 79.7 Å². The molecule has 13 nitrogen and oxygen atoms in total. The molecule has 2 aliphatic heterocycles. The molecule has 6 amide bonds. The number of carbonyl (C=O) groups excluding carboxylic acids is 6. The standard InChI is InChI=1S/C44H56ClN7O6/c1-28(2)20-21-34-41(55)51-37(27-31-16-9-17-32(45)24-31)42(56)50-36(26-30-14-7-4-8-15-30)40(54)47-22-10-18-35(44(58)52-23-11-19-38(52)43(57)48-34)49-39(53)33(46)25-29-12-5-3-6-13-29/h3-9,12-17,24,28,33-38H,10-11,18-23,25-27,46H2,1-2H3,(H,47,54)(H,48,57)(H,49,53)(H,50,56)(H,51,55)/t33-,34+,35-,36-,37-,38-/m0/s1. The third-order valence-corrected chi connectivity index (χ3v) is 10.8. The van der Waals surface area contributed by atoms with Gasteiger partial charge in [-0.2, -0.15) is 0 Å².